The van der Waals surface area contributed by atoms with E-state index in [1.54, 1.807) is 12.4 Å². The summed E-state index contributed by atoms with van der Waals surface area (Å²) in [5.74, 6) is -0.182. The number of aromatic nitrogens is 1. The Bertz CT molecular complexity index is 551. The molecule has 1 saturated carbocycles. The van der Waals surface area contributed by atoms with Gasteiger partial charge < -0.3 is 9.15 Å². The van der Waals surface area contributed by atoms with Crippen LogP contribution in [0.3, 0.4) is 0 Å². The first-order chi connectivity index (χ1) is 12.1. The first-order valence-corrected chi connectivity index (χ1v) is 9.19. The van der Waals surface area contributed by atoms with Crippen molar-refractivity contribution in [2.75, 3.05) is 6.61 Å². The molecule has 1 atom stereocenters. The van der Waals surface area contributed by atoms with Crippen molar-refractivity contribution in [3.63, 3.8) is 0 Å². The van der Waals surface area contributed by atoms with Crippen LogP contribution in [0.1, 0.15) is 87.0 Å². The number of carbonyl (C=O) groups excluding carboxylic acids is 2. The highest BCUT2D eigenvalue weighted by Gasteiger charge is 2.24. The van der Waals surface area contributed by atoms with Crippen molar-refractivity contribution in [2.45, 2.75) is 70.6 Å². The molecule has 7 nitrogen and oxygen atoms in total. The molecule has 1 heterocycles. The molecule has 1 fully saturated rings. The van der Waals surface area contributed by atoms with Crippen LogP contribution in [-0.2, 0) is 9.53 Å². The highest BCUT2D eigenvalue weighted by molar-refractivity contribution is 5.86. The van der Waals surface area contributed by atoms with Crippen LogP contribution in [0.15, 0.2) is 10.7 Å². The van der Waals surface area contributed by atoms with E-state index in [9.17, 15) is 9.59 Å². The number of nitrogens with one attached hydrogen (secondary N) is 1. The monoisotopic (exact) mass is 352 g/mol. The van der Waals surface area contributed by atoms with Crippen LogP contribution in [0.25, 0.3) is 0 Å². The Labute approximate surface area is 148 Å². The summed E-state index contributed by atoms with van der Waals surface area (Å²) in [5.41, 5.74) is 1.76. The predicted molar refractivity (Wildman–Crippen MR) is 90.2 cm³/mol. The Kier molecular flexibility index (Phi) is 7.91. The average Bonchev–Trinajstić information content (AvgIpc) is 3.12. The predicted octanol–water partition coefficient (Wildman–Crippen LogP) is 3.58. The maximum absolute atomic E-state index is 11.7. The lowest BCUT2D eigenvalue weighted by Crippen LogP contribution is -2.21. The van der Waals surface area contributed by atoms with Gasteiger partial charge in [-0.15, -0.1) is 0 Å². The Hall–Kier alpha value is -1.89. The quantitative estimate of drug-likeness (QED) is 0.400. The summed E-state index contributed by atoms with van der Waals surface area (Å²) in [7, 11) is 0. The highest BCUT2D eigenvalue weighted by atomic mass is 16.5. The van der Waals surface area contributed by atoms with Gasteiger partial charge in [0.15, 0.2) is 11.6 Å². The van der Waals surface area contributed by atoms with Crippen LogP contribution in [0, 0.1) is 5.92 Å². The average molecular weight is 352 g/mol. The van der Waals surface area contributed by atoms with Gasteiger partial charge in [0.05, 0.1) is 6.61 Å². The molecule has 0 aromatic carbocycles. The maximum Gasteiger partial charge on any atom is 0.360 e. The Morgan fingerprint density at radius 1 is 1.40 bits per heavy atom. The molecule has 1 aliphatic carbocycles. The molecule has 0 aliphatic heterocycles. The number of esters is 1. The molecule has 0 radical (unpaired) electrons. The first-order valence-electron chi connectivity index (χ1n) is 9.19. The third-order valence-electron chi connectivity index (χ3n) is 4.80. The number of hydrogen-bond donors (Lipinski definition) is 2. The van der Waals surface area contributed by atoms with E-state index in [4.69, 9.17) is 14.4 Å². The molecule has 25 heavy (non-hydrogen) atoms. The molecular weight excluding hydrogens is 324 g/mol. The van der Waals surface area contributed by atoms with Crippen LogP contribution in [0.2, 0.25) is 0 Å². The standard InChI is InChI=1S/C18H28N2O5/c1-2-24-18(22)15-12-25-17(19-15)14(11-16(21)20-23)10-6-9-13-7-4-3-5-8-13/h12-14,23H,2-11H2,1H3,(H,20,21)/t14-/m1/s1. The van der Waals surface area contributed by atoms with Gasteiger partial charge in [-0.25, -0.2) is 15.3 Å². The minimum Gasteiger partial charge on any atom is -0.461 e. The molecule has 0 unspecified atom stereocenters. The van der Waals surface area contributed by atoms with Gasteiger partial charge in [0, 0.05) is 12.3 Å². The minimum absolute atomic E-state index is 0.0734. The lowest BCUT2D eigenvalue weighted by Gasteiger charge is -2.22. The molecule has 0 spiro atoms. The van der Waals surface area contributed by atoms with Crippen molar-refractivity contribution >= 4 is 11.9 Å². The smallest absolute Gasteiger partial charge is 0.360 e. The van der Waals surface area contributed by atoms with E-state index in [0.29, 0.717) is 5.89 Å². The lowest BCUT2D eigenvalue weighted by atomic mass is 9.84. The number of amides is 1. The third kappa shape index (κ3) is 6.16. The van der Waals surface area contributed by atoms with Gasteiger partial charge in [-0.3, -0.25) is 10.0 Å². The third-order valence-corrected chi connectivity index (χ3v) is 4.80. The molecule has 7 heteroatoms. The Morgan fingerprint density at radius 2 is 2.16 bits per heavy atom. The van der Waals surface area contributed by atoms with Gasteiger partial charge in [0.25, 0.3) is 0 Å². The summed E-state index contributed by atoms with van der Waals surface area (Å²) in [6.07, 6.45) is 10.7. The second-order valence-electron chi connectivity index (χ2n) is 6.66. The van der Waals surface area contributed by atoms with Gasteiger partial charge in [-0.1, -0.05) is 44.9 Å². The lowest BCUT2D eigenvalue weighted by molar-refractivity contribution is -0.129. The van der Waals surface area contributed by atoms with Crippen LogP contribution < -0.4 is 5.48 Å². The van der Waals surface area contributed by atoms with Crippen LogP contribution in [0.4, 0.5) is 0 Å². The van der Waals surface area contributed by atoms with E-state index in [-0.39, 0.29) is 24.6 Å². The van der Waals surface area contributed by atoms with Crippen molar-refractivity contribution in [1.29, 1.82) is 0 Å². The van der Waals surface area contributed by atoms with E-state index < -0.39 is 11.9 Å². The zero-order valence-electron chi connectivity index (χ0n) is 14.8. The Morgan fingerprint density at radius 3 is 2.84 bits per heavy atom. The second-order valence-corrected chi connectivity index (χ2v) is 6.66. The number of carbonyl (C=O) groups is 2. The molecule has 140 valence electrons. The van der Waals surface area contributed by atoms with E-state index in [1.165, 1.54) is 38.4 Å². The molecule has 1 aromatic heterocycles. The molecule has 0 bridgehead atoms. The molecular formula is C18H28N2O5. The van der Waals surface area contributed by atoms with Crippen molar-refractivity contribution < 1.29 is 24.0 Å². The topological polar surface area (TPSA) is 102 Å². The van der Waals surface area contributed by atoms with E-state index in [0.717, 1.165) is 25.2 Å². The molecule has 1 aliphatic rings. The minimum atomic E-state index is -0.537. The fraction of sp³-hybridized carbons (Fsp3) is 0.722. The number of nitrogens with zero attached hydrogens (tertiary/aromatic N) is 1. The van der Waals surface area contributed by atoms with Gasteiger partial charge in [0.1, 0.15) is 6.26 Å². The summed E-state index contributed by atoms with van der Waals surface area (Å²) in [6.45, 7) is 1.98. The molecule has 2 N–H and O–H groups in total. The van der Waals surface area contributed by atoms with Gasteiger partial charge >= 0.3 is 5.97 Å². The van der Waals surface area contributed by atoms with E-state index in [2.05, 4.69) is 4.98 Å². The maximum atomic E-state index is 11.7. The first kappa shape index (κ1) is 19.4. The SMILES string of the molecule is CCOC(=O)c1coc([C@H](CCCC2CCCCC2)CC(=O)NO)n1. The van der Waals surface area contributed by atoms with Crippen LogP contribution in [0.5, 0.6) is 0 Å². The molecule has 2 rings (SSSR count). The van der Waals surface area contributed by atoms with Gasteiger partial charge in [-0.05, 0) is 19.3 Å². The van der Waals surface area contributed by atoms with E-state index in [1.807, 2.05) is 0 Å². The molecule has 0 saturated heterocycles. The van der Waals surface area contributed by atoms with Crippen molar-refractivity contribution in [1.82, 2.24) is 10.5 Å². The fourth-order valence-corrected chi connectivity index (χ4v) is 3.48. The van der Waals surface area contributed by atoms with Crippen molar-refractivity contribution in [3.8, 4) is 0 Å². The van der Waals surface area contributed by atoms with E-state index >= 15 is 0 Å². The largest absolute Gasteiger partial charge is 0.461 e. The van der Waals surface area contributed by atoms with Crippen molar-refractivity contribution in [2.24, 2.45) is 5.92 Å². The summed E-state index contributed by atoms with van der Waals surface area (Å²) in [4.78, 5) is 27.5. The van der Waals surface area contributed by atoms with Crippen LogP contribution in [-0.4, -0.2) is 28.7 Å². The number of ether oxygens (including phenoxy) is 1. The molecule has 1 aromatic rings. The normalized spacial score (nSPS) is 16.4. The van der Waals surface area contributed by atoms with Gasteiger partial charge in [-0.2, -0.15) is 0 Å². The van der Waals surface area contributed by atoms with Gasteiger partial charge in [0.2, 0.25) is 5.91 Å². The zero-order valence-corrected chi connectivity index (χ0v) is 14.8. The molecule has 1 amide bonds. The number of hydroxylamine groups is 1. The summed E-state index contributed by atoms with van der Waals surface area (Å²) in [6, 6.07) is 0. The zero-order chi connectivity index (χ0) is 18.1. The summed E-state index contributed by atoms with van der Waals surface area (Å²) < 4.78 is 10.3. The number of hydrogen-bond acceptors (Lipinski definition) is 6. The summed E-state index contributed by atoms with van der Waals surface area (Å²) in [5, 5.41) is 8.80. The summed E-state index contributed by atoms with van der Waals surface area (Å²) >= 11 is 0. The highest BCUT2D eigenvalue weighted by Crippen LogP contribution is 2.31. The Balaban J connectivity index is 1.94. The fourth-order valence-electron chi connectivity index (χ4n) is 3.48. The number of oxazole rings is 1. The number of rotatable bonds is 9. The second kappa shape index (κ2) is 10.2. The van der Waals surface area contributed by atoms with Crippen molar-refractivity contribution in [3.05, 3.63) is 17.8 Å². The van der Waals surface area contributed by atoms with Crippen LogP contribution >= 0.6 is 0 Å².